The van der Waals surface area contributed by atoms with Crippen LogP contribution < -0.4 is 4.74 Å². The van der Waals surface area contributed by atoms with Crippen LogP contribution in [0.4, 0.5) is 0 Å². The molecule has 0 saturated heterocycles. The van der Waals surface area contributed by atoms with Gasteiger partial charge in [-0.2, -0.15) is 0 Å². The molecule has 3 heteroatoms. The molecule has 0 spiro atoms. The lowest BCUT2D eigenvalue weighted by Crippen LogP contribution is -2.08. The number of rotatable bonds is 5. The van der Waals surface area contributed by atoms with Crippen molar-refractivity contribution in [3.05, 3.63) is 88.9 Å². The number of carbonyl (C=O) groups excluding carboxylic acids is 1. The maximum atomic E-state index is 12.0. The van der Waals surface area contributed by atoms with Crippen LogP contribution in [0, 0.1) is 6.92 Å². The Hall–Kier alpha value is -2.58. The van der Waals surface area contributed by atoms with E-state index in [0.717, 1.165) is 16.7 Å². The lowest BCUT2D eigenvalue weighted by molar-refractivity contribution is -0.134. The molecule has 0 heterocycles. The van der Waals surface area contributed by atoms with Crippen molar-refractivity contribution in [2.45, 2.75) is 19.8 Å². The van der Waals surface area contributed by atoms with Crippen molar-refractivity contribution >= 4 is 17.6 Å². The third kappa shape index (κ3) is 4.94. The second-order valence-electron chi connectivity index (χ2n) is 5.99. The van der Waals surface area contributed by atoms with E-state index in [1.807, 2.05) is 48.5 Å². The molecular formula is C22H19ClO2. The topological polar surface area (TPSA) is 26.3 Å². The summed E-state index contributed by atoms with van der Waals surface area (Å²) in [5.74, 6) is 0.329. The maximum Gasteiger partial charge on any atom is 0.311 e. The molecule has 3 aromatic rings. The lowest BCUT2D eigenvalue weighted by atomic mass is 10.0. The van der Waals surface area contributed by atoms with Crippen molar-refractivity contribution in [2.24, 2.45) is 0 Å². The van der Waals surface area contributed by atoms with Gasteiger partial charge in [0.25, 0.3) is 0 Å². The van der Waals surface area contributed by atoms with E-state index in [-0.39, 0.29) is 5.97 Å². The summed E-state index contributed by atoms with van der Waals surface area (Å²) in [4.78, 5) is 12.0. The van der Waals surface area contributed by atoms with Crippen LogP contribution in [0.2, 0.25) is 5.02 Å². The van der Waals surface area contributed by atoms with Gasteiger partial charge in [0.15, 0.2) is 0 Å². The molecule has 2 nitrogen and oxygen atoms in total. The predicted octanol–water partition coefficient (Wildman–Crippen LogP) is 5.85. The van der Waals surface area contributed by atoms with Crippen LogP contribution in [0.15, 0.2) is 72.8 Å². The van der Waals surface area contributed by atoms with Crippen LogP contribution in [0.5, 0.6) is 5.75 Å². The lowest BCUT2D eigenvalue weighted by Gasteiger charge is -2.07. The average Bonchev–Trinajstić information content (AvgIpc) is 2.63. The number of carbonyl (C=O) groups is 1. The molecule has 0 radical (unpaired) electrons. The molecule has 0 unspecified atom stereocenters. The predicted molar refractivity (Wildman–Crippen MR) is 102 cm³/mol. The van der Waals surface area contributed by atoms with Gasteiger partial charge in [0.05, 0.1) is 0 Å². The Morgan fingerprint density at radius 3 is 2.00 bits per heavy atom. The molecule has 0 saturated carbocycles. The average molecular weight is 351 g/mol. The van der Waals surface area contributed by atoms with E-state index in [2.05, 4.69) is 31.2 Å². The van der Waals surface area contributed by atoms with Crippen LogP contribution in [-0.4, -0.2) is 5.97 Å². The molecule has 25 heavy (non-hydrogen) atoms. The molecule has 3 rings (SSSR count). The summed E-state index contributed by atoms with van der Waals surface area (Å²) in [6.45, 7) is 2.07. The zero-order valence-corrected chi connectivity index (χ0v) is 14.8. The summed E-state index contributed by atoms with van der Waals surface area (Å²) in [5, 5.41) is 0.694. The van der Waals surface area contributed by atoms with Crippen LogP contribution in [0.3, 0.4) is 0 Å². The fraction of sp³-hybridized carbons (Fsp3) is 0.136. The highest BCUT2D eigenvalue weighted by Gasteiger charge is 2.06. The largest absolute Gasteiger partial charge is 0.427 e. The molecular weight excluding hydrogens is 332 g/mol. The van der Waals surface area contributed by atoms with Gasteiger partial charge in [-0.05, 0) is 54.3 Å². The zero-order chi connectivity index (χ0) is 17.6. The summed E-state index contributed by atoms with van der Waals surface area (Å²) < 4.78 is 5.40. The Labute approximate surface area is 153 Å². The van der Waals surface area contributed by atoms with Crippen LogP contribution in [0.25, 0.3) is 11.1 Å². The first kappa shape index (κ1) is 17.2. The first-order chi connectivity index (χ1) is 12.1. The van der Waals surface area contributed by atoms with Crippen molar-refractivity contribution < 1.29 is 9.53 Å². The minimum absolute atomic E-state index is 0.238. The first-order valence-corrected chi connectivity index (χ1v) is 8.60. The van der Waals surface area contributed by atoms with E-state index in [1.165, 1.54) is 5.56 Å². The first-order valence-electron chi connectivity index (χ1n) is 8.22. The van der Waals surface area contributed by atoms with Crippen LogP contribution >= 0.6 is 11.6 Å². The van der Waals surface area contributed by atoms with Gasteiger partial charge in [0, 0.05) is 11.4 Å². The van der Waals surface area contributed by atoms with E-state index in [4.69, 9.17) is 16.3 Å². The molecule has 0 fully saturated rings. The Kier molecular flexibility index (Phi) is 5.52. The van der Waals surface area contributed by atoms with E-state index >= 15 is 0 Å². The van der Waals surface area contributed by atoms with E-state index in [0.29, 0.717) is 23.6 Å². The van der Waals surface area contributed by atoms with E-state index in [1.54, 1.807) is 0 Å². The molecule has 0 aliphatic carbocycles. The fourth-order valence-corrected chi connectivity index (χ4v) is 2.67. The highest BCUT2D eigenvalue weighted by Crippen LogP contribution is 2.23. The molecule has 0 atom stereocenters. The molecule has 0 aliphatic rings. The molecule has 3 aromatic carbocycles. The Balaban J connectivity index is 1.56. The fourth-order valence-electron chi connectivity index (χ4n) is 2.54. The van der Waals surface area contributed by atoms with Gasteiger partial charge < -0.3 is 4.74 Å². The van der Waals surface area contributed by atoms with Crippen molar-refractivity contribution in [2.75, 3.05) is 0 Å². The van der Waals surface area contributed by atoms with Gasteiger partial charge in [-0.1, -0.05) is 65.7 Å². The Morgan fingerprint density at radius 1 is 0.840 bits per heavy atom. The standard InChI is InChI=1S/C22H19ClO2/c1-16-2-7-18(8-3-16)19-9-13-21(14-10-19)25-22(24)15-6-17-4-11-20(23)12-5-17/h2-5,7-14H,6,15H2,1H3. The molecule has 0 bridgehead atoms. The van der Waals surface area contributed by atoms with Crippen molar-refractivity contribution in [3.63, 3.8) is 0 Å². The normalized spacial score (nSPS) is 10.5. The highest BCUT2D eigenvalue weighted by molar-refractivity contribution is 6.30. The summed E-state index contributed by atoms with van der Waals surface area (Å²) >= 11 is 5.85. The summed E-state index contributed by atoms with van der Waals surface area (Å²) in [6.07, 6.45) is 0.971. The van der Waals surface area contributed by atoms with Crippen molar-refractivity contribution in [3.8, 4) is 16.9 Å². The number of halogens is 1. The smallest absolute Gasteiger partial charge is 0.311 e. The summed E-state index contributed by atoms with van der Waals surface area (Å²) in [6, 6.07) is 23.4. The van der Waals surface area contributed by atoms with E-state index in [9.17, 15) is 4.79 Å². The molecule has 0 aliphatic heterocycles. The summed E-state index contributed by atoms with van der Waals surface area (Å²) in [7, 11) is 0. The van der Waals surface area contributed by atoms with Gasteiger partial charge in [-0.3, -0.25) is 4.79 Å². The molecule has 0 amide bonds. The zero-order valence-electron chi connectivity index (χ0n) is 14.0. The van der Waals surface area contributed by atoms with Gasteiger partial charge in [-0.15, -0.1) is 0 Å². The third-order valence-corrected chi connectivity index (χ3v) is 4.25. The quantitative estimate of drug-likeness (QED) is 0.426. The number of benzene rings is 3. The molecule has 126 valence electrons. The number of hydrogen-bond donors (Lipinski definition) is 0. The second-order valence-corrected chi connectivity index (χ2v) is 6.43. The SMILES string of the molecule is Cc1ccc(-c2ccc(OC(=O)CCc3ccc(Cl)cc3)cc2)cc1. The van der Waals surface area contributed by atoms with Gasteiger partial charge in [-0.25, -0.2) is 0 Å². The Bertz CT molecular complexity index is 835. The van der Waals surface area contributed by atoms with Gasteiger partial charge >= 0.3 is 5.97 Å². The minimum Gasteiger partial charge on any atom is -0.427 e. The van der Waals surface area contributed by atoms with E-state index < -0.39 is 0 Å². The van der Waals surface area contributed by atoms with Crippen molar-refractivity contribution in [1.82, 2.24) is 0 Å². The van der Waals surface area contributed by atoms with Crippen LogP contribution in [0.1, 0.15) is 17.5 Å². The third-order valence-electron chi connectivity index (χ3n) is 4.00. The van der Waals surface area contributed by atoms with Crippen molar-refractivity contribution in [1.29, 1.82) is 0 Å². The molecule has 0 N–H and O–H groups in total. The van der Waals surface area contributed by atoms with Gasteiger partial charge in [0.2, 0.25) is 0 Å². The summed E-state index contributed by atoms with van der Waals surface area (Å²) in [5.41, 5.74) is 4.54. The number of hydrogen-bond acceptors (Lipinski definition) is 2. The molecule has 0 aromatic heterocycles. The van der Waals surface area contributed by atoms with Crippen LogP contribution in [-0.2, 0) is 11.2 Å². The number of ether oxygens (including phenoxy) is 1. The number of esters is 1. The number of aryl methyl sites for hydroxylation is 2. The Morgan fingerprint density at radius 2 is 1.40 bits per heavy atom. The van der Waals surface area contributed by atoms with Gasteiger partial charge in [0.1, 0.15) is 5.75 Å². The maximum absolute atomic E-state index is 12.0. The highest BCUT2D eigenvalue weighted by atomic mass is 35.5. The minimum atomic E-state index is -0.238. The monoisotopic (exact) mass is 350 g/mol. The second kappa shape index (κ2) is 8.00.